The number of anilines is 2. The minimum atomic E-state index is -0.121. The summed E-state index contributed by atoms with van der Waals surface area (Å²) >= 11 is 0. The average Bonchev–Trinajstić information content (AvgIpc) is 2.98. The van der Waals surface area contributed by atoms with Gasteiger partial charge in [-0.3, -0.25) is 0 Å². The Kier molecular flexibility index (Phi) is 3.78. The highest BCUT2D eigenvalue weighted by molar-refractivity contribution is 5.32. The zero-order chi connectivity index (χ0) is 15.5. The van der Waals surface area contributed by atoms with Gasteiger partial charge in [0, 0.05) is 44.3 Å². The Balaban J connectivity index is 1.43. The quantitative estimate of drug-likeness (QED) is 0.920. The molecule has 4 heterocycles. The fourth-order valence-electron chi connectivity index (χ4n) is 3.50. The standard InChI is InChI=1S/C16H20N6O/c1-4-16(12-22(9-1)15-19-7-3-8-20-15)10-13(11-23-16)21-14-17-5-2-6-18-14/h2-3,5-8,13H,1,4,9-12H2,(H,17,18,21)/t13-,16-/m1/s1. The molecule has 1 spiro atoms. The fourth-order valence-corrected chi connectivity index (χ4v) is 3.50. The monoisotopic (exact) mass is 312 g/mol. The molecule has 23 heavy (non-hydrogen) atoms. The molecule has 120 valence electrons. The van der Waals surface area contributed by atoms with Crippen LogP contribution in [0.25, 0.3) is 0 Å². The summed E-state index contributed by atoms with van der Waals surface area (Å²) in [4.78, 5) is 19.4. The lowest BCUT2D eigenvalue weighted by atomic mass is 9.89. The third kappa shape index (κ3) is 3.10. The van der Waals surface area contributed by atoms with E-state index in [2.05, 4.69) is 30.2 Å². The third-order valence-electron chi connectivity index (χ3n) is 4.48. The van der Waals surface area contributed by atoms with Crippen LogP contribution in [-0.2, 0) is 4.74 Å². The molecule has 0 saturated carbocycles. The second-order valence-electron chi connectivity index (χ2n) is 6.19. The van der Waals surface area contributed by atoms with Gasteiger partial charge in [0.1, 0.15) is 0 Å². The second kappa shape index (κ2) is 6.08. The van der Waals surface area contributed by atoms with Gasteiger partial charge in [-0.15, -0.1) is 0 Å². The summed E-state index contributed by atoms with van der Waals surface area (Å²) < 4.78 is 6.20. The summed E-state index contributed by atoms with van der Waals surface area (Å²) in [6, 6.07) is 3.90. The normalized spacial score (nSPS) is 27.3. The van der Waals surface area contributed by atoms with E-state index >= 15 is 0 Å². The number of hydrogen-bond donors (Lipinski definition) is 1. The van der Waals surface area contributed by atoms with Crippen molar-refractivity contribution in [3.63, 3.8) is 0 Å². The lowest BCUT2D eigenvalue weighted by molar-refractivity contribution is -0.00668. The van der Waals surface area contributed by atoms with Crippen LogP contribution in [0.1, 0.15) is 19.3 Å². The van der Waals surface area contributed by atoms with Gasteiger partial charge >= 0.3 is 0 Å². The molecule has 4 rings (SSSR count). The smallest absolute Gasteiger partial charge is 0.225 e. The lowest BCUT2D eigenvalue weighted by Crippen LogP contribution is -2.48. The molecule has 2 saturated heterocycles. The molecule has 2 aromatic rings. The van der Waals surface area contributed by atoms with Crippen molar-refractivity contribution in [3.8, 4) is 0 Å². The second-order valence-corrected chi connectivity index (χ2v) is 6.19. The molecule has 2 fully saturated rings. The minimum absolute atomic E-state index is 0.121. The van der Waals surface area contributed by atoms with Crippen molar-refractivity contribution in [3.05, 3.63) is 36.9 Å². The summed E-state index contributed by atoms with van der Waals surface area (Å²) in [7, 11) is 0. The number of ether oxygens (including phenoxy) is 1. The highest BCUT2D eigenvalue weighted by atomic mass is 16.5. The Morgan fingerprint density at radius 3 is 2.61 bits per heavy atom. The van der Waals surface area contributed by atoms with E-state index in [1.165, 1.54) is 0 Å². The van der Waals surface area contributed by atoms with Crippen molar-refractivity contribution in [2.45, 2.75) is 30.9 Å². The molecule has 0 bridgehead atoms. The van der Waals surface area contributed by atoms with Gasteiger partial charge in [-0.1, -0.05) is 0 Å². The predicted molar refractivity (Wildman–Crippen MR) is 86.2 cm³/mol. The third-order valence-corrected chi connectivity index (χ3v) is 4.48. The number of nitrogens with one attached hydrogen (secondary N) is 1. The molecule has 7 heteroatoms. The van der Waals surface area contributed by atoms with Crippen LogP contribution in [0.2, 0.25) is 0 Å². The predicted octanol–water partition coefficient (Wildman–Crippen LogP) is 1.51. The zero-order valence-corrected chi connectivity index (χ0v) is 12.9. The molecule has 0 amide bonds. The van der Waals surface area contributed by atoms with Crippen molar-refractivity contribution >= 4 is 11.9 Å². The number of piperidine rings is 1. The zero-order valence-electron chi connectivity index (χ0n) is 12.9. The van der Waals surface area contributed by atoms with Crippen LogP contribution >= 0.6 is 0 Å². The first-order valence-electron chi connectivity index (χ1n) is 8.03. The molecule has 0 aromatic carbocycles. The molecule has 2 aromatic heterocycles. The van der Waals surface area contributed by atoms with Crippen LogP contribution in [0.4, 0.5) is 11.9 Å². The van der Waals surface area contributed by atoms with Gasteiger partial charge in [0.15, 0.2) is 0 Å². The molecule has 2 aliphatic heterocycles. The lowest BCUT2D eigenvalue weighted by Gasteiger charge is -2.39. The van der Waals surface area contributed by atoms with Crippen LogP contribution in [0, 0.1) is 0 Å². The van der Waals surface area contributed by atoms with Crippen LogP contribution in [0.15, 0.2) is 36.9 Å². The molecule has 2 atom stereocenters. The number of aromatic nitrogens is 4. The Bertz CT molecular complexity index is 640. The summed E-state index contributed by atoms with van der Waals surface area (Å²) in [5.74, 6) is 1.45. The Morgan fingerprint density at radius 1 is 1.09 bits per heavy atom. The van der Waals surface area contributed by atoms with E-state index in [1.807, 2.05) is 12.1 Å². The van der Waals surface area contributed by atoms with E-state index in [9.17, 15) is 0 Å². The van der Waals surface area contributed by atoms with E-state index in [0.717, 1.165) is 38.3 Å². The Morgan fingerprint density at radius 2 is 1.83 bits per heavy atom. The average molecular weight is 312 g/mol. The van der Waals surface area contributed by atoms with E-state index in [1.54, 1.807) is 24.8 Å². The van der Waals surface area contributed by atoms with Crippen LogP contribution in [0.3, 0.4) is 0 Å². The SMILES string of the molecule is c1cnc(N[C@H]2CO[C@]3(CCCN(c4ncccn4)C3)C2)nc1. The Hall–Kier alpha value is -2.28. The largest absolute Gasteiger partial charge is 0.371 e. The van der Waals surface area contributed by atoms with Crippen LogP contribution < -0.4 is 10.2 Å². The first-order chi connectivity index (χ1) is 11.3. The molecule has 0 radical (unpaired) electrons. The molecular weight excluding hydrogens is 292 g/mol. The number of rotatable bonds is 3. The fraction of sp³-hybridized carbons (Fsp3) is 0.500. The van der Waals surface area contributed by atoms with Gasteiger partial charge in [0.2, 0.25) is 11.9 Å². The van der Waals surface area contributed by atoms with Gasteiger partial charge < -0.3 is 15.0 Å². The van der Waals surface area contributed by atoms with Gasteiger partial charge in [-0.2, -0.15) is 0 Å². The molecule has 1 N–H and O–H groups in total. The molecule has 7 nitrogen and oxygen atoms in total. The first-order valence-corrected chi connectivity index (χ1v) is 8.03. The number of hydrogen-bond acceptors (Lipinski definition) is 7. The van der Waals surface area contributed by atoms with Gasteiger partial charge in [0.05, 0.1) is 18.2 Å². The van der Waals surface area contributed by atoms with E-state index < -0.39 is 0 Å². The summed E-state index contributed by atoms with van der Waals surface area (Å²) in [5, 5.41) is 3.37. The van der Waals surface area contributed by atoms with E-state index in [0.29, 0.717) is 12.6 Å². The van der Waals surface area contributed by atoms with Crippen molar-refractivity contribution in [1.82, 2.24) is 19.9 Å². The van der Waals surface area contributed by atoms with E-state index in [-0.39, 0.29) is 11.6 Å². The van der Waals surface area contributed by atoms with Crippen molar-refractivity contribution in [2.75, 3.05) is 29.9 Å². The maximum absolute atomic E-state index is 6.20. The van der Waals surface area contributed by atoms with Crippen LogP contribution in [-0.4, -0.2) is 51.3 Å². The maximum Gasteiger partial charge on any atom is 0.225 e. The number of nitrogens with zero attached hydrogens (tertiary/aromatic N) is 5. The highest BCUT2D eigenvalue weighted by Gasteiger charge is 2.44. The summed E-state index contributed by atoms with van der Waals surface area (Å²) in [6.07, 6.45) is 10.2. The Labute approximate surface area is 135 Å². The van der Waals surface area contributed by atoms with Crippen molar-refractivity contribution in [2.24, 2.45) is 0 Å². The van der Waals surface area contributed by atoms with E-state index in [4.69, 9.17) is 4.74 Å². The van der Waals surface area contributed by atoms with Crippen LogP contribution in [0.5, 0.6) is 0 Å². The molecule has 2 aliphatic rings. The van der Waals surface area contributed by atoms with Crippen molar-refractivity contribution in [1.29, 1.82) is 0 Å². The minimum Gasteiger partial charge on any atom is -0.371 e. The van der Waals surface area contributed by atoms with Gasteiger partial charge in [0.25, 0.3) is 0 Å². The molecular formula is C16H20N6O. The maximum atomic E-state index is 6.20. The summed E-state index contributed by atoms with van der Waals surface area (Å²) in [5.41, 5.74) is -0.121. The molecule has 0 aliphatic carbocycles. The first kappa shape index (κ1) is 14.3. The topological polar surface area (TPSA) is 76.1 Å². The van der Waals surface area contributed by atoms with Gasteiger partial charge in [-0.05, 0) is 25.0 Å². The van der Waals surface area contributed by atoms with Gasteiger partial charge in [-0.25, -0.2) is 19.9 Å². The summed E-state index contributed by atoms with van der Waals surface area (Å²) in [6.45, 7) is 2.50. The molecule has 0 unspecified atom stereocenters. The highest BCUT2D eigenvalue weighted by Crippen LogP contribution is 2.36. The van der Waals surface area contributed by atoms with Crippen molar-refractivity contribution < 1.29 is 4.74 Å².